The maximum absolute atomic E-state index is 11.0. The van der Waals surface area contributed by atoms with Crippen LogP contribution in [0.2, 0.25) is 0 Å². The largest absolute Gasteiger partial charge is 0.490 e. The molecule has 0 aliphatic carbocycles. The van der Waals surface area contributed by atoms with Crippen LogP contribution in [-0.2, 0) is 22.6 Å². The third-order valence-corrected chi connectivity index (χ3v) is 6.37. The Kier molecular flexibility index (Phi) is 7.72. The van der Waals surface area contributed by atoms with Gasteiger partial charge < -0.3 is 14.7 Å². The Hall–Kier alpha value is -4.26. The smallest absolute Gasteiger partial charge is 0.480 e. The van der Waals surface area contributed by atoms with E-state index in [1.807, 2.05) is 46.1 Å². The summed E-state index contributed by atoms with van der Waals surface area (Å²) in [6.07, 6.45) is -2.42. The highest BCUT2D eigenvalue weighted by Gasteiger charge is 2.38. The van der Waals surface area contributed by atoms with Crippen molar-refractivity contribution in [1.29, 1.82) is 0 Å². The van der Waals surface area contributed by atoms with Crippen molar-refractivity contribution in [2.45, 2.75) is 46.0 Å². The van der Waals surface area contributed by atoms with E-state index >= 15 is 0 Å². The molecule has 0 spiro atoms. The molecule has 0 radical (unpaired) electrons. The number of hydrogen-bond acceptors (Lipinski definition) is 7. The van der Waals surface area contributed by atoms with Gasteiger partial charge in [-0.25, -0.2) is 4.79 Å². The lowest BCUT2D eigenvalue weighted by atomic mass is 9.91. The third kappa shape index (κ3) is 6.08. The Morgan fingerprint density at radius 3 is 2.51 bits per heavy atom. The van der Waals surface area contributed by atoms with Crippen molar-refractivity contribution >= 4 is 22.8 Å². The van der Waals surface area contributed by atoms with E-state index in [0.717, 1.165) is 46.1 Å². The van der Waals surface area contributed by atoms with Gasteiger partial charge in [-0.2, -0.15) is 23.3 Å². The van der Waals surface area contributed by atoms with Crippen LogP contribution in [0.15, 0.2) is 41.1 Å². The summed E-state index contributed by atoms with van der Waals surface area (Å²) in [5.41, 5.74) is 6.41. The molecule has 1 aliphatic rings. The van der Waals surface area contributed by atoms with Gasteiger partial charge >= 0.3 is 18.1 Å². The molecule has 0 unspecified atom stereocenters. The number of aromatic nitrogens is 4. The highest BCUT2D eigenvalue weighted by Crippen LogP contribution is 2.32. The normalized spacial score (nSPS) is 13.7. The first-order valence-corrected chi connectivity index (χ1v) is 12.0. The number of carbonyl (C=O) groups is 2. The summed E-state index contributed by atoms with van der Waals surface area (Å²) in [6.45, 7) is 7.72. The molecule has 0 atom stereocenters. The first-order chi connectivity index (χ1) is 18.3. The van der Waals surface area contributed by atoms with Gasteiger partial charge in [0.15, 0.2) is 0 Å². The average molecular weight is 546 g/mol. The van der Waals surface area contributed by atoms with Crippen LogP contribution in [0.5, 0.6) is 0 Å². The Balaban J connectivity index is 0.000000448. The molecule has 5 rings (SSSR count). The van der Waals surface area contributed by atoms with Crippen molar-refractivity contribution in [2.75, 3.05) is 13.1 Å². The van der Waals surface area contributed by atoms with Crippen LogP contribution in [0.3, 0.4) is 0 Å². The number of halogens is 3. The SMILES string of the molecule is Cc1c(-c2noc(-c3ccc4c(cnn4C(C)C)c3)n2)ccc2c1CCN(CC(=O)O)C2.O=C(O)C(F)(F)F. The second-order valence-electron chi connectivity index (χ2n) is 9.41. The number of hydrogen-bond donors (Lipinski definition) is 2. The minimum Gasteiger partial charge on any atom is -0.480 e. The van der Waals surface area contributed by atoms with Gasteiger partial charge in [0.2, 0.25) is 5.82 Å². The van der Waals surface area contributed by atoms with Crippen LogP contribution in [0.1, 0.15) is 36.6 Å². The van der Waals surface area contributed by atoms with Crippen molar-refractivity contribution < 1.29 is 37.5 Å². The second-order valence-corrected chi connectivity index (χ2v) is 9.41. The highest BCUT2D eigenvalue weighted by molar-refractivity contribution is 5.83. The van der Waals surface area contributed by atoms with Gasteiger partial charge in [-0.15, -0.1) is 0 Å². The number of aliphatic carboxylic acids is 2. The Morgan fingerprint density at radius 1 is 1.15 bits per heavy atom. The van der Waals surface area contributed by atoms with Crippen LogP contribution < -0.4 is 0 Å². The Morgan fingerprint density at radius 2 is 1.87 bits per heavy atom. The fourth-order valence-electron chi connectivity index (χ4n) is 4.52. The van der Waals surface area contributed by atoms with E-state index in [9.17, 15) is 18.0 Å². The van der Waals surface area contributed by atoms with E-state index in [1.165, 1.54) is 5.56 Å². The van der Waals surface area contributed by atoms with Crippen LogP contribution >= 0.6 is 0 Å². The zero-order chi connectivity index (χ0) is 28.5. The zero-order valence-corrected chi connectivity index (χ0v) is 21.4. The van der Waals surface area contributed by atoms with Gasteiger partial charge in [0.1, 0.15) is 0 Å². The quantitative estimate of drug-likeness (QED) is 0.365. The predicted molar refractivity (Wildman–Crippen MR) is 134 cm³/mol. The number of carboxylic acids is 2. The van der Waals surface area contributed by atoms with E-state index in [-0.39, 0.29) is 12.6 Å². The van der Waals surface area contributed by atoms with E-state index in [0.29, 0.717) is 18.3 Å². The maximum atomic E-state index is 11.0. The van der Waals surface area contributed by atoms with Gasteiger partial charge in [-0.1, -0.05) is 17.3 Å². The molecule has 2 aromatic heterocycles. The summed E-state index contributed by atoms with van der Waals surface area (Å²) in [5.74, 6) is -2.52. The van der Waals surface area contributed by atoms with E-state index in [2.05, 4.69) is 36.0 Å². The summed E-state index contributed by atoms with van der Waals surface area (Å²) < 4.78 is 39.3. The van der Waals surface area contributed by atoms with E-state index in [4.69, 9.17) is 19.5 Å². The Labute approximate surface area is 220 Å². The van der Waals surface area contributed by atoms with Gasteiger partial charge in [0.05, 0.1) is 18.3 Å². The molecule has 4 aromatic rings. The lowest BCUT2D eigenvalue weighted by molar-refractivity contribution is -0.192. The monoisotopic (exact) mass is 545 g/mol. The molecule has 13 heteroatoms. The second kappa shape index (κ2) is 10.8. The van der Waals surface area contributed by atoms with Crippen LogP contribution in [-0.4, -0.2) is 66.2 Å². The minimum absolute atomic E-state index is 0.0643. The van der Waals surface area contributed by atoms with E-state index < -0.39 is 18.1 Å². The summed E-state index contributed by atoms with van der Waals surface area (Å²) in [7, 11) is 0. The average Bonchev–Trinajstić information content (AvgIpc) is 3.51. The minimum atomic E-state index is -5.08. The van der Waals surface area contributed by atoms with Crippen LogP contribution in [0.25, 0.3) is 33.7 Å². The van der Waals surface area contributed by atoms with Crippen molar-refractivity contribution in [3.8, 4) is 22.8 Å². The van der Waals surface area contributed by atoms with Crippen molar-refractivity contribution in [3.63, 3.8) is 0 Å². The van der Waals surface area contributed by atoms with Crippen molar-refractivity contribution in [3.05, 3.63) is 53.2 Å². The molecule has 0 saturated carbocycles. The molecule has 0 bridgehead atoms. The molecule has 0 saturated heterocycles. The summed E-state index contributed by atoms with van der Waals surface area (Å²) in [5, 5.41) is 25.9. The molecule has 2 N–H and O–H groups in total. The first-order valence-electron chi connectivity index (χ1n) is 12.0. The van der Waals surface area contributed by atoms with Gasteiger partial charge in [0, 0.05) is 35.6 Å². The number of fused-ring (bicyclic) bond motifs is 2. The number of alkyl halides is 3. The molecular weight excluding hydrogens is 519 g/mol. The molecule has 1 aliphatic heterocycles. The topological polar surface area (TPSA) is 135 Å². The molecule has 206 valence electrons. The molecule has 2 aromatic carbocycles. The molecule has 3 heterocycles. The predicted octanol–water partition coefficient (Wildman–Crippen LogP) is 4.72. The van der Waals surface area contributed by atoms with Gasteiger partial charge in [-0.05, 0) is 62.1 Å². The van der Waals surface area contributed by atoms with Gasteiger partial charge in [-0.3, -0.25) is 14.4 Å². The molecular formula is C26H26F3N5O5. The lowest BCUT2D eigenvalue weighted by Crippen LogP contribution is -2.35. The number of benzene rings is 2. The fourth-order valence-corrected chi connectivity index (χ4v) is 4.52. The fraction of sp³-hybridized carbons (Fsp3) is 0.346. The van der Waals surface area contributed by atoms with E-state index in [1.54, 1.807) is 0 Å². The molecule has 10 nitrogen and oxygen atoms in total. The van der Waals surface area contributed by atoms with Crippen LogP contribution in [0.4, 0.5) is 13.2 Å². The zero-order valence-electron chi connectivity index (χ0n) is 21.4. The van der Waals surface area contributed by atoms with Crippen molar-refractivity contribution in [2.24, 2.45) is 0 Å². The summed E-state index contributed by atoms with van der Waals surface area (Å²) >= 11 is 0. The maximum Gasteiger partial charge on any atom is 0.490 e. The summed E-state index contributed by atoms with van der Waals surface area (Å²) in [4.78, 5) is 26.6. The standard InChI is InChI=1S/C24H25N5O3.C2HF3O2/c1-14(2)29-21-7-5-16(10-18(21)11-25-29)24-26-23(27-32-24)20-6-4-17-12-28(13-22(30)31)9-8-19(17)15(20)3;3-2(4,5)1(6)7/h4-7,10-11,14H,8-9,12-13H2,1-3H3,(H,30,31);(H,6,7). The molecule has 0 fully saturated rings. The lowest BCUT2D eigenvalue weighted by Gasteiger charge is -2.28. The van der Waals surface area contributed by atoms with Gasteiger partial charge in [0.25, 0.3) is 5.89 Å². The Bertz CT molecular complexity index is 1530. The molecule has 39 heavy (non-hydrogen) atoms. The van der Waals surface area contributed by atoms with Crippen molar-refractivity contribution in [1.82, 2.24) is 24.8 Å². The number of nitrogens with zero attached hydrogens (tertiary/aromatic N) is 5. The third-order valence-electron chi connectivity index (χ3n) is 6.37. The highest BCUT2D eigenvalue weighted by atomic mass is 19.4. The summed E-state index contributed by atoms with van der Waals surface area (Å²) in [6, 6.07) is 10.4. The van der Waals surface area contributed by atoms with Crippen LogP contribution in [0, 0.1) is 6.92 Å². The first kappa shape index (κ1) is 27.8. The molecule has 0 amide bonds. The number of rotatable bonds is 5. The number of carboxylic acid groups (broad SMARTS) is 2.